The van der Waals surface area contributed by atoms with E-state index in [1.165, 1.54) is 49.4 Å². The summed E-state index contributed by atoms with van der Waals surface area (Å²) in [5.74, 6) is 0.811. The lowest BCUT2D eigenvalue weighted by atomic mass is 9.98. The molecule has 0 bridgehead atoms. The van der Waals surface area contributed by atoms with Gasteiger partial charge in [-0.25, -0.2) is 14.6 Å². The quantitative estimate of drug-likeness (QED) is 0.0755. The number of aromatic nitrogens is 4. The van der Waals surface area contributed by atoms with Gasteiger partial charge in [-0.15, -0.1) is 6.42 Å². The molecule has 0 aromatic carbocycles. The van der Waals surface area contributed by atoms with Crippen molar-refractivity contribution in [3.05, 3.63) is 12.4 Å². The predicted octanol–water partition coefficient (Wildman–Crippen LogP) is 5.04. The van der Waals surface area contributed by atoms with E-state index in [1.54, 1.807) is 0 Å². The van der Waals surface area contributed by atoms with Gasteiger partial charge in [-0.1, -0.05) is 70.6 Å². The van der Waals surface area contributed by atoms with Gasteiger partial charge in [-0.3, -0.25) is 14.2 Å². The molecule has 2 aliphatic heterocycles. The number of terminal acetylenes is 1. The molecule has 4 atom stereocenters. The number of nitrogens with zero attached hydrogens (tertiary/aromatic N) is 4. The van der Waals surface area contributed by atoms with E-state index in [4.69, 9.17) is 35.2 Å². The highest BCUT2D eigenvalue weighted by Crippen LogP contribution is 2.40. The molecule has 1 unspecified atom stereocenters. The molecular weight excluding hydrogens is 621 g/mol. The van der Waals surface area contributed by atoms with Crippen LogP contribution < -0.4 is 5.32 Å². The van der Waals surface area contributed by atoms with E-state index in [1.807, 2.05) is 0 Å². The maximum Gasteiger partial charge on any atom is 0.508 e. The summed E-state index contributed by atoms with van der Waals surface area (Å²) in [6.07, 6.45) is 10.9. The second kappa shape index (κ2) is 16.9. The lowest BCUT2D eigenvalue weighted by Gasteiger charge is -2.27. The minimum absolute atomic E-state index is 0.0268. The highest BCUT2D eigenvalue weighted by molar-refractivity contribution is 6.00. The van der Waals surface area contributed by atoms with Crippen LogP contribution in [0.25, 0.3) is 11.2 Å². The molecular formula is C31H40FN5O10. The van der Waals surface area contributed by atoms with Crippen molar-refractivity contribution in [1.82, 2.24) is 19.5 Å². The molecule has 0 aliphatic carbocycles. The van der Waals surface area contributed by atoms with E-state index in [2.05, 4.69) is 33.1 Å². The minimum Gasteiger partial charge on any atom is -0.452 e. The molecule has 2 aliphatic rings. The van der Waals surface area contributed by atoms with Crippen LogP contribution in [0.15, 0.2) is 6.33 Å². The van der Waals surface area contributed by atoms with E-state index < -0.39 is 60.9 Å². The summed E-state index contributed by atoms with van der Waals surface area (Å²) in [5, 5.41) is 11.5. The van der Waals surface area contributed by atoms with Gasteiger partial charge >= 0.3 is 24.4 Å². The Morgan fingerprint density at radius 3 is 2.47 bits per heavy atom. The number of amides is 1. The number of carboxylic acid groups (broad SMARTS) is 1. The first-order chi connectivity index (χ1) is 22.7. The van der Waals surface area contributed by atoms with Gasteiger partial charge in [0.15, 0.2) is 29.2 Å². The van der Waals surface area contributed by atoms with Gasteiger partial charge in [0.1, 0.15) is 12.8 Å². The standard InChI is InChI=1S/C31H40FN5O10/c1-3-5-6-7-8-9-10-11-12-13-16-43-30(42)46-21-17-22(47-31(21,4-2)18-44-29(40)41)37-19-33-24-25(35-28(32)36-26(24)37)34-27(39)20-14-15-23(38)45-20/h2,19-22H,3,5-18H2,1H3,(H,40,41)(H,34,35,36,39)/t20?,21-,22+,31+/m0/s1. The van der Waals surface area contributed by atoms with Crippen LogP contribution in [0.2, 0.25) is 0 Å². The highest BCUT2D eigenvalue weighted by Gasteiger charge is 2.53. The molecule has 2 fully saturated rings. The van der Waals surface area contributed by atoms with Crippen LogP contribution in [-0.2, 0) is 33.3 Å². The number of carbonyl (C=O) groups is 4. The Labute approximate surface area is 270 Å². The van der Waals surface area contributed by atoms with Crippen molar-refractivity contribution in [3.8, 4) is 12.3 Å². The van der Waals surface area contributed by atoms with Gasteiger partial charge in [-0.2, -0.15) is 14.4 Å². The van der Waals surface area contributed by atoms with Crippen LogP contribution >= 0.6 is 0 Å². The van der Waals surface area contributed by atoms with Gasteiger partial charge < -0.3 is 34.1 Å². The summed E-state index contributed by atoms with van der Waals surface area (Å²) in [6.45, 7) is 1.62. The molecule has 0 spiro atoms. The first kappa shape index (κ1) is 35.3. The normalized spacial score (nSPS) is 22.1. The van der Waals surface area contributed by atoms with Gasteiger partial charge in [0.2, 0.25) is 5.60 Å². The molecule has 4 heterocycles. The van der Waals surface area contributed by atoms with E-state index in [9.17, 15) is 23.6 Å². The average Bonchev–Trinajstić information content (AvgIpc) is 3.76. The van der Waals surface area contributed by atoms with Crippen LogP contribution in [-0.4, -0.2) is 79.8 Å². The Kier molecular flexibility index (Phi) is 12.7. The van der Waals surface area contributed by atoms with Crippen molar-refractivity contribution < 1.29 is 52.4 Å². The number of esters is 1. The number of nitrogens with one attached hydrogen (secondary N) is 1. The summed E-state index contributed by atoms with van der Waals surface area (Å²) in [4.78, 5) is 59.4. The minimum atomic E-state index is -1.87. The lowest BCUT2D eigenvalue weighted by molar-refractivity contribution is -0.146. The lowest BCUT2D eigenvalue weighted by Crippen LogP contribution is -2.45. The number of halogens is 1. The van der Waals surface area contributed by atoms with Crippen LogP contribution in [0.3, 0.4) is 0 Å². The number of anilines is 1. The molecule has 256 valence electrons. The third-order valence-electron chi connectivity index (χ3n) is 8.02. The van der Waals surface area contributed by atoms with E-state index >= 15 is 0 Å². The van der Waals surface area contributed by atoms with Crippen molar-refractivity contribution in [2.24, 2.45) is 0 Å². The zero-order valence-electron chi connectivity index (χ0n) is 26.3. The van der Waals surface area contributed by atoms with Gasteiger partial charge in [0.05, 0.1) is 12.9 Å². The molecule has 1 amide bonds. The number of carbonyl (C=O) groups excluding carboxylic acids is 3. The second-order valence-corrected chi connectivity index (χ2v) is 11.5. The number of imidazole rings is 1. The summed E-state index contributed by atoms with van der Waals surface area (Å²) in [5.41, 5.74) is -2.01. The molecule has 2 aromatic rings. The van der Waals surface area contributed by atoms with Crippen molar-refractivity contribution in [1.29, 1.82) is 0 Å². The summed E-state index contributed by atoms with van der Waals surface area (Å²) >= 11 is 0. The molecule has 2 N–H and O–H groups in total. The fraction of sp³-hybridized carbons (Fsp3) is 0.645. The van der Waals surface area contributed by atoms with Crippen LogP contribution in [0, 0.1) is 18.4 Å². The molecule has 16 heteroatoms. The second-order valence-electron chi connectivity index (χ2n) is 11.5. The molecule has 15 nitrogen and oxygen atoms in total. The van der Waals surface area contributed by atoms with Gasteiger partial charge in [-0.05, 0) is 6.42 Å². The fourth-order valence-electron chi connectivity index (χ4n) is 5.51. The first-order valence-electron chi connectivity index (χ1n) is 15.9. The molecule has 2 saturated heterocycles. The number of unbranched alkanes of at least 4 members (excludes halogenated alkanes) is 9. The molecule has 2 aromatic heterocycles. The number of ether oxygens (including phenoxy) is 5. The Morgan fingerprint density at radius 2 is 1.83 bits per heavy atom. The third kappa shape index (κ3) is 9.50. The SMILES string of the molecule is C#C[C@]1(COC(=O)O)O[C@@H](n2cnc3c(NC(=O)C4CCC(=O)O4)nc(F)nc32)C[C@@H]1OC(=O)OCCCCCCCCCCCC. The van der Waals surface area contributed by atoms with E-state index in [0.29, 0.717) is 6.42 Å². The molecule has 47 heavy (non-hydrogen) atoms. The van der Waals surface area contributed by atoms with Crippen LogP contribution in [0.1, 0.15) is 96.6 Å². The first-order valence-corrected chi connectivity index (χ1v) is 15.9. The zero-order valence-corrected chi connectivity index (χ0v) is 26.3. The topological polar surface area (TPSA) is 190 Å². The van der Waals surface area contributed by atoms with Crippen LogP contribution in [0.5, 0.6) is 0 Å². The van der Waals surface area contributed by atoms with Gasteiger partial charge in [0.25, 0.3) is 5.91 Å². The number of hydrogen-bond acceptors (Lipinski definition) is 12. The zero-order chi connectivity index (χ0) is 33.8. The smallest absolute Gasteiger partial charge is 0.452 e. The van der Waals surface area contributed by atoms with Crippen LogP contribution in [0.4, 0.5) is 19.8 Å². The third-order valence-corrected chi connectivity index (χ3v) is 8.02. The Hall–Kier alpha value is -4.52. The van der Waals surface area contributed by atoms with Crippen molar-refractivity contribution in [3.63, 3.8) is 0 Å². The van der Waals surface area contributed by atoms with Crippen molar-refractivity contribution in [2.45, 2.75) is 114 Å². The Bertz CT molecular complexity index is 1460. The Balaban J connectivity index is 1.38. The van der Waals surface area contributed by atoms with Crippen molar-refractivity contribution >= 4 is 41.2 Å². The Morgan fingerprint density at radius 1 is 1.13 bits per heavy atom. The summed E-state index contributed by atoms with van der Waals surface area (Å²) in [6, 6.07) is 0. The number of rotatable bonds is 17. The maximum atomic E-state index is 14.6. The maximum absolute atomic E-state index is 14.6. The molecule has 0 saturated carbocycles. The number of hydrogen-bond donors (Lipinski definition) is 2. The van der Waals surface area contributed by atoms with E-state index in [0.717, 1.165) is 19.3 Å². The molecule has 0 radical (unpaired) electrons. The van der Waals surface area contributed by atoms with E-state index in [-0.39, 0.29) is 42.9 Å². The van der Waals surface area contributed by atoms with Gasteiger partial charge in [0, 0.05) is 19.3 Å². The van der Waals surface area contributed by atoms with Crippen molar-refractivity contribution in [2.75, 3.05) is 18.5 Å². The molecule has 4 rings (SSSR count). The largest absolute Gasteiger partial charge is 0.508 e. The number of fused-ring (bicyclic) bond motifs is 1. The number of cyclic esters (lactones) is 1. The highest BCUT2D eigenvalue weighted by atomic mass is 19.1. The summed E-state index contributed by atoms with van der Waals surface area (Å²) < 4.78 is 42.3. The monoisotopic (exact) mass is 661 g/mol. The average molecular weight is 662 g/mol. The summed E-state index contributed by atoms with van der Waals surface area (Å²) in [7, 11) is 0. The fourth-order valence-corrected chi connectivity index (χ4v) is 5.51. The predicted molar refractivity (Wildman–Crippen MR) is 161 cm³/mol.